The smallest absolute Gasteiger partial charge is 0.870 e. The monoisotopic (exact) mass is 1770 g/mol. The van der Waals surface area contributed by atoms with Crippen LogP contribution in [-0.2, 0) is 76.4 Å². The van der Waals surface area contributed by atoms with Crippen LogP contribution in [0.25, 0.3) is 4.85 Å². The topological polar surface area (TPSA) is 503 Å². The van der Waals surface area contributed by atoms with Gasteiger partial charge in [0.25, 0.3) is 23.7 Å². The number of nitrogens with one attached hydrogen (secondary N) is 8. The second-order valence-electron chi connectivity index (χ2n) is 36.5. The number of likely N-dealkylation sites (N-methyl/N-ethyl adjacent to an activating group) is 1. The molecule has 9 fully saturated rings. The van der Waals surface area contributed by atoms with Crippen LogP contribution in [0.2, 0.25) is 0 Å². The van der Waals surface area contributed by atoms with E-state index in [9.17, 15) is 57.8 Å². The van der Waals surface area contributed by atoms with Crippen LogP contribution >= 0.6 is 0 Å². The summed E-state index contributed by atoms with van der Waals surface area (Å²) in [6.45, 7) is 37.4. The van der Waals surface area contributed by atoms with E-state index in [2.05, 4.69) is 52.4 Å². The number of hydrogen-bond acceptors (Lipinski definition) is 25. The average molecular weight is 1770 g/mol. The molecule has 123 heavy (non-hydrogen) atoms. The summed E-state index contributed by atoms with van der Waals surface area (Å²) in [7, 11) is 7.23. The van der Waals surface area contributed by atoms with Gasteiger partial charge >= 0.3 is 72.0 Å². The molecule has 0 bridgehead atoms. The third-order valence-corrected chi connectivity index (χ3v) is 19.0. The first-order valence-corrected chi connectivity index (χ1v) is 42.6. The molecule has 1 aliphatic heterocycles. The summed E-state index contributed by atoms with van der Waals surface area (Å²) in [6.07, 6.45) is 24.2. The number of carbonyl (C=O) groups is 12. The summed E-state index contributed by atoms with van der Waals surface area (Å²) in [5, 5.41) is 53.6. The van der Waals surface area contributed by atoms with Crippen molar-refractivity contribution in [2.45, 2.75) is 393 Å². The molecule has 0 spiro atoms. The third kappa shape index (κ3) is 66.2. The number of carboxylic acid groups (broad SMARTS) is 2. The van der Waals surface area contributed by atoms with Gasteiger partial charge in [-0.15, -0.1) is 0 Å². The van der Waals surface area contributed by atoms with Crippen LogP contribution in [0.15, 0.2) is 0 Å². The zero-order valence-electron chi connectivity index (χ0n) is 77.7. The number of carboxylic acids is 2. The van der Waals surface area contributed by atoms with E-state index in [1.165, 1.54) is 66.0 Å². The summed E-state index contributed by atoms with van der Waals surface area (Å²) < 4.78 is 36.1. The molecular weight excluding hydrogens is 1610 g/mol. The SMILES string of the molecule is C.C1CCOC1.CC(=O)O.CC(=O)OC(C(=O)NC1CC1)[C@H](CC1CCC1)NC(=O)OC(C)(C)C.CC(C)(C)OC(=O)N[C@@H](CC1CCC1)C(=O)O.CC(C)(C)OC(=O)N[C@@H](CC1CCC1)C(O)C(=O)NC1CC1.CC(C)(C)OC(=O)N[C@H](C=O)CC1CCC1.CNOC.CO.CON(C)C(=O)[C@H](CC1CCC1)NC(=O)OC(C)(C)C.[C-]#[N+]C1CC1.[Na+].[OH-]. The maximum absolute atomic E-state index is 12.5. The van der Waals surface area contributed by atoms with Gasteiger partial charge in [-0.05, 0) is 204 Å². The third-order valence-electron chi connectivity index (χ3n) is 19.0. The van der Waals surface area contributed by atoms with Crippen molar-refractivity contribution in [1.29, 1.82) is 0 Å². The molecule has 0 radical (unpaired) electrons. The van der Waals surface area contributed by atoms with Gasteiger partial charge in [0.2, 0.25) is 6.04 Å². The number of hydrogen-bond donors (Lipinski definition) is 12. The molecular formula is C86H159N10NaO26. The fourth-order valence-electron chi connectivity index (χ4n) is 11.5. The van der Waals surface area contributed by atoms with Crippen LogP contribution in [-0.4, -0.2) is 241 Å². The van der Waals surface area contributed by atoms with Gasteiger partial charge in [0.05, 0.1) is 32.3 Å². The van der Waals surface area contributed by atoms with Crippen molar-refractivity contribution in [3.63, 3.8) is 0 Å². The Bertz CT molecular complexity index is 3050. The Morgan fingerprint density at radius 1 is 0.488 bits per heavy atom. The first kappa shape index (κ1) is 122. The van der Waals surface area contributed by atoms with Crippen LogP contribution in [0.1, 0.15) is 305 Å². The zero-order valence-corrected chi connectivity index (χ0v) is 79.7. The van der Waals surface area contributed by atoms with Gasteiger partial charge in [-0.25, -0.2) is 45.9 Å². The molecule has 36 nitrogen and oxygen atoms in total. The Hall–Kier alpha value is -6.95. The molecule has 8 amide bonds. The molecule has 9 rings (SSSR count). The second kappa shape index (κ2) is 63.9. The molecule has 8 aliphatic carbocycles. The number of ether oxygens (including phenoxy) is 7. The standard InChI is InChI=1S/C18H30N2O5.C16H28N2O4.C14H26N2O4.C12H21NO4.C12H21NO3.C4H5N.C4H8O.C2H7NO.C2H4O2.CH4O.CH4.Na.H2O/c1-11(21)24-15(16(22)19-13-8-9-13)14(10-12-6-5-7-12)20-17(23)25-18(2,3)4;1-16(2,3)22-15(21)18-12(9-10-5-4-6-10)13(19)14(20)17-11-7-8-11;1-14(2,3)20-13(18)15-11(9-10-7-6-8-10)12(17)16(4)19-5;1-12(2,3)17-11(16)13-9(10(14)15)7-8-5-4-6-8;1-12(2,3)16-11(15)13-10(8-14)7-9-5-4-6-9;1-5-4-2-3-4;1-2-4-5-3-1;1-3-4-2;1-2(3)4;1-2;;;/h12-15H,5-10H2,1-4H3,(H,19,22)(H,20,23);10-13,19H,4-9H2,1-3H3,(H,17,20)(H,18,21);10-11H,6-9H2,1-5H3,(H,15,18);8-9H,4-7H2,1-3H3,(H,13,16)(H,14,15);8-10H,4-7H2,1-3H3,(H,13,15);4H,2-3H2;1-4H2;3H,1-2H3;1H3,(H,3,4);2H,1H3;1H4;;1H2/q;;;;;;;;;;;+1;/p-1/t14-,15?;12-,13?;11-;9-;10-;;;;;;;;/m00000......../s1. The van der Waals surface area contributed by atoms with Crippen LogP contribution in [0.4, 0.5) is 24.0 Å². The molecule has 710 valence electrons. The first-order chi connectivity index (χ1) is 55.9. The van der Waals surface area contributed by atoms with E-state index in [1.54, 1.807) is 118 Å². The van der Waals surface area contributed by atoms with Gasteiger partial charge in [0, 0.05) is 73.2 Å². The first-order valence-electron chi connectivity index (χ1n) is 42.6. The van der Waals surface area contributed by atoms with Crippen molar-refractivity contribution in [3.05, 3.63) is 11.4 Å². The van der Waals surface area contributed by atoms with Crippen molar-refractivity contribution in [3.8, 4) is 0 Å². The predicted octanol–water partition coefficient (Wildman–Crippen LogP) is 9.30. The Morgan fingerprint density at radius 3 is 1.07 bits per heavy atom. The number of aliphatic hydroxyl groups excluding tert-OH is 2. The maximum Gasteiger partial charge on any atom is 1.00 e. The molecule has 8 saturated carbocycles. The largest absolute Gasteiger partial charge is 1.00 e. The van der Waals surface area contributed by atoms with Crippen molar-refractivity contribution >= 4 is 72.4 Å². The predicted molar refractivity (Wildman–Crippen MR) is 459 cm³/mol. The van der Waals surface area contributed by atoms with Crippen molar-refractivity contribution in [2.75, 3.05) is 48.6 Å². The van der Waals surface area contributed by atoms with E-state index in [1.807, 2.05) is 0 Å². The van der Waals surface area contributed by atoms with Gasteiger partial charge in [-0.1, -0.05) is 104 Å². The summed E-state index contributed by atoms with van der Waals surface area (Å²) in [5.74, 6) is -0.995. The van der Waals surface area contributed by atoms with E-state index >= 15 is 0 Å². The van der Waals surface area contributed by atoms with E-state index in [0.717, 1.165) is 148 Å². The minimum absolute atomic E-state index is 0. The number of nitrogens with zero attached hydrogens (tertiary/aromatic N) is 2. The van der Waals surface area contributed by atoms with E-state index in [-0.39, 0.29) is 66.4 Å². The zero-order chi connectivity index (χ0) is 91.7. The molecule has 0 aromatic rings. The molecule has 1 saturated heterocycles. The molecule has 2 unspecified atom stereocenters. The Morgan fingerprint density at radius 2 is 0.797 bits per heavy atom. The summed E-state index contributed by atoms with van der Waals surface area (Å²) in [6, 6.07) is -2.27. The summed E-state index contributed by atoms with van der Waals surface area (Å²) >= 11 is 0. The normalized spacial score (nSPS) is 17.9. The number of esters is 1. The van der Waals surface area contributed by atoms with Gasteiger partial charge in [0.1, 0.15) is 46.4 Å². The second-order valence-corrected chi connectivity index (χ2v) is 36.5. The molecule has 13 N–H and O–H groups in total. The van der Waals surface area contributed by atoms with E-state index in [4.69, 9.17) is 64.7 Å². The van der Waals surface area contributed by atoms with Gasteiger partial charge < -0.3 is 111 Å². The number of aliphatic hydroxyl groups is 2. The number of carbonyl (C=O) groups excluding carboxylic acids is 10. The molecule has 0 aromatic carbocycles. The number of amides is 8. The molecule has 1 heterocycles. The number of hydroxylamine groups is 3. The van der Waals surface area contributed by atoms with Gasteiger partial charge in [0.15, 0.2) is 12.2 Å². The van der Waals surface area contributed by atoms with Gasteiger partial charge in [-0.2, -0.15) is 0 Å². The minimum Gasteiger partial charge on any atom is -0.870 e. The minimum atomic E-state index is -1.23. The van der Waals surface area contributed by atoms with Crippen LogP contribution < -0.4 is 72.3 Å². The number of alkyl carbamates (subject to hydrolysis) is 5. The number of aldehydes is 1. The number of aliphatic carboxylic acids is 2. The fourth-order valence-corrected chi connectivity index (χ4v) is 11.5. The van der Waals surface area contributed by atoms with Gasteiger partial charge in [-0.3, -0.25) is 28.8 Å². The quantitative estimate of drug-likeness (QED) is 0.00909. The maximum atomic E-state index is 12.5. The molecule has 0 aromatic heterocycles. The summed E-state index contributed by atoms with van der Waals surface area (Å²) in [5.41, 5.74) is -0.524. The molecule has 37 heteroatoms. The fraction of sp³-hybridized carbons (Fsp3) is 0.849. The van der Waals surface area contributed by atoms with Crippen molar-refractivity contribution < 1.29 is 156 Å². The van der Waals surface area contributed by atoms with E-state index in [0.29, 0.717) is 61.3 Å². The Kier molecular flexibility index (Phi) is 63.5. The van der Waals surface area contributed by atoms with Crippen molar-refractivity contribution in [2.24, 2.45) is 29.6 Å². The molecule has 7 atom stereocenters. The van der Waals surface area contributed by atoms with Crippen molar-refractivity contribution in [1.82, 2.24) is 47.8 Å². The van der Waals surface area contributed by atoms with Crippen LogP contribution in [0.3, 0.4) is 0 Å². The Balaban J connectivity index is -0.000000679. The average Bonchev–Trinajstić information content (AvgIpc) is 1.74. The Labute approximate surface area is 754 Å². The van der Waals surface area contributed by atoms with Crippen LogP contribution in [0.5, 0.6) is 0 Å². The van der Waals surface area contributed by atoms with E-state index < -0.39 is 125 Å². The number of rotatable bonds is 27. The van der Waals surface area contributed by atoms with Crippen LogP contribution in [0, 0.1) is 36.2 Å². The summed E-state index contributed by atoms with van der Waals surface area (Å²) in [4.78, 5) is 150. The molecule has 9 aliphatic rings.